The zero-order valence-electron chi connectivity index (χ0n) is 6.37. The average molecular weight is 241 g/mol. The lowest BCUT2D eigenvalue weighted by Gasteiger charge is -2.20. The van der Waals surface area contributed by atoms with Gasteiger partial charge in [-0.3, -0.25) is 5.01 Å². The summed E-state index contributed by atoms with van der Waals surface area (Å²) in [4.78, 5) is 0. The second kappa shape index (κ2) is 4.16. The predicted molar refractivity (Wildman–Crippen MR) is 50.5 cm³/mol. The van der Waals surface area contributed by atoms with Gasteiger partial charge in [0.2, 0.25) is 0 Å². The minimum absolute atomic E-state index is 0.0238. The number of halogens is 2. The first-order valence-corrected chi connectivity index (χ1v) is 4.90. The third-order valence-electron chi connectivity index (χ3n) is 1.50. The predicted octanol–water partition coefficient (Wildman–Crippen LogP) is 2.18. The van der Waals surface area contributed by atoms with Gasteiger partial charge in [-0.25, -0.2) is 4.42 Å². The molecule has 0 aliphatic carbocycles. The van der Waals surface area contributed by atoms with Gasteiger partial charge in [0.1, 0.15) is 6.34 Å². The molecule has 0 spiro atoms. The van der Waals surface area contributed by atoms with Gasteiger partial charge in [0.15, 0.2) is 5.08 Å². The summed E-state index contributed by atoms with van der Waals surface area (Å²) >= 11 is 9.13. The van der Waals surface area contributed by atoms with Crippen molar-refractivity contribution in [1.29, 1.82) is 0 Å². The fourth-order valence-corrected chi connectivity index (χ4v) is 1.39. The van der Waals surface area contributed by atoms with Crippen molar-refractivity contribution in [1.82, 2.24) is 9.43 Å². The second-order valence-corrected chi connectivity index (χ2v) is 3.61. The average Bonchev–Trinajstić information content (AvgIpc) is 2.31. The molecule has 0 aromatic rings. The van der Waals surface area contributed by atoms with E-state index in [0.717, 1.165) is 13.0 Å². The number of nitrogens with zero attached hydrogens (tertiary/aromatic N) is 3. The molecular formula is C6H11BrClN3. The van der Waals surface area contributed by atoms with E-state index >= 15 is 0 Å². The van der Waals surface area contributed by atoms with Crippen LogP contribution >= 0.6 is 27.7 Å². The van der Waals surface area contributed by atoms with Gasteiger partial charge in [0.25, 0.3) is 0 Å². The van der Waals surface area contributed by atoms with Gasteiger partial charge in [0, 0.05) is 18.3 Å². The van der Waals surface area contributed by atoms with E-state index in [0.29, 0.717) is 0 Å². The molecule has 3 nitrogen and oxygen atoms in total. The van der Waals surface area contributed by atoms with E-state index < -0.39 is 0 Å². The van der Waals surface area contributed by atoms with E-state index in [1.165, 1.54) is 10.8 Å². The van der Waals surface area contributed by atoms with Crippen molar-refractivity contribution in [2.75, 3.05) is 6.54 Å². The van der Waals surface area contributed by atoms with Gasteiger partial charge < -0.3 is 0 Å². The van der Waals surface area contributed by atoms with Crippen molar-refractivity contribution in [3.8, 4) is 0 Å². The van der Waals surface area contributed by atoms with E-state index in [9.17, 15) is 0 Å². The minimum atomic E-state index is 0.0238. The summed E-state index contributed by atoms with van der Waals surface area (Å²) in [6.45, 7) is 3.10. The molecule has 1 aliphatic heterocycles. The van der Waals surface area contributed by atoms with Crippen LogP contribution in [0.5, 0.6) is 0 Å². The molecular weight excluding hydrogens is 229 g/mol. The smallest absolute Gasteiger partial charge is 0.190 e. The fourth-order valence-electron chi connectivity index (χ4n) is 0.837. The Labute approximate surface area is 80.2 Å². The van der Waals surface area contributed by atoms with Crippen LogP contribution in [-0.2, 0) is 0 Å². The number of alkyl halides is 1. The second-order valence-electron chi connectivity index (χ2n) is 2.40. The normalized spacial score (nSPS) is 23.4. The molecule has 0 amide bonds. The van der Waals surface area contributed by atoms with Crippen molar-refractivity contribution in [2.24, 2.45) is 5.10 Å². The minimum Gasteiger partial charge on any atom is -0.262 e. The number of unbranched alkanes of at least 4 members (excludes halogenated alkanes) is 1. The summed E-state index contributed by atoms with van der Waals surface area (Å²) in [7, 11) is 0. The first-order valence-electron chi connectivity index (χ1n) is 3.64. The number of hydrogen-bond donors (Lipinski definition) is 0. The molecule has 1 unspecified atom stereocenters. The molecule has 64 valence electrons. The van der Waals surface area contributed by atoms with Crippen LogP contribution < -0.4 is 0 Å². The van der Waals surface area contributed by atoms with E-state index in [1.54, 1.807) is 6.34 Å². The molecule has 1 heterocycles. The molecule has 1 atom stereocenters. The molecule has 0 aromatic carbocycles. The Bertz CT molecular complexity index is 153. The van der Waals surface area contributed by atoms with Crippen LogP contribution in [0.25, 0.3) is 0 Å². The summed E-state index contributed by atoms with van der Waals surface area (Å²) in [6.07, 6.45) is 3.93. The molecule has 5 heteroatoms. The van der Waals surface area contributed by atoms with Gasteiger partial charge in [0.05, 0.1) is 0 Å². The van der Waals surface area contributed by atoms with Crippen LogP contribution in [0.4, 0.5) is 0 Å². The lowest BCUT2D eigenvalue weighted by Crippen LogP contribution is -2.29. The summed E-state index contributed by atoms with van der Waals surface area (Å²) in [6, 6.07) is 0. The number of rotatable bonds is 3. The van der Waals surface area contributed by atoms with Crippen LogP contribution in [0.3, 0.4) is 0 Å². The van der Waals surface area contributed by atoms with Gasteiger partial charge in [-0.15, -0.1) is 0 Å². The van der Waals surface area contributed by atoms with Crippen LogP contribution in [-0.4, -0.2) is 27.4 Å². The van der Waals surface area contributed by atoms with Gasteiger partial charge in [-0.1, -0.05) is 13.3 Å². The Kier molecular flexibility index (Phi) is 3.45. The van der Waals surface area contributed by atoms with Gasteiger partial charge in [-0.2, -0.15) is 5.10 Å². The maximum atomic E-state index is 5.73. The molecule has 1 aliphatic rings. The Morgan fingerprint density at radius 1 is 1.73 bits per heavy atom. The highest BCUT2D eigenvalue weighted by molar-refractivity contribution is 9.09. The molecule has 0 saturated heterocycles. The maximum Gasteiger partial charge on any atom is 0.190 e. The summed E-state index contributed by atoms with van der Waals surface area (Å²) < 4.78 is 1.51. The Morgan fingerprint density at radius 2 is 2.45 bits per heavy atom. The fraction of sp³-hybridized carbons (Fsp3) is 0.833. The molecule has 0 saturated carbocycles. The standard InChI is InChI=1S/C6H11BrClN3/c1-2-3-4-11-6(7)10(8)5-9-11/h5-6H,2-4H2,1H3. The van der Waals surface area contributed by atoms with E-state index in [-0.39, 0.29) is 5.08 Å². The summed E-state index contributed by atoms with van der Waals surface area (Å²) in [5, 5.41) is 6.03. The van der Waals surface area contributed by atoms with Crippen LogP contribution in [0.15, 0.2) is 5.10 Å². The van der Waals surface area contributed by atoms with Crippen molar-refractivity contribution in [3.63, 3.8) is 0 Å². The topological polar surface area (TPSA) is 18.8 Å². The van der Waals surface area contributed by atoms with Crippen molar-refractivity contribution >= 4 is 34.0 Å². The molecule has 11 heavy (non-hydrogen) atoms. The van der Waals surface area contributed by atoms with Crippen molar-refractivity contribution in [2.45, 2.75) is 24.8 Å². The monoisotopic (exact) mass is 239 g/mol. The third kappa shape index (κ3) is 2.24. The Hall–Kier alpha value is 0.0400. The highest BCUT2D eigenvalue weighted by atomic mass is 79.9. The summed E-state index contributed by atoms with van der Waals surface area (Å²) in [5.74, 6) is 0. The number of hydrogen-bond acceptors (Lipinski definition) is 3. The highest BCUT2D eigenvalue weighted by Gasteiger charge is 2.22. The van der Waals surface area contributed by atoms with Crippen LogP contribution in [0, 0.1) is 0 Å². The highest BCUT2D eigenvalue weighted by Crippen LogP contribution is 2.19. The number of hydrazone groups is 1. The molecule has 0 aromatic heterocycles. The van der Waals surface area contributed by atoms with E-state index in [1.807, 2.05) is 5.01 Å². The van der Waals surface area contributed by atoms with E-state index in [2.05, 4.69) is 28.0 Å². The van der Waals surface area contributed by atoms with Gasteiger partial charge in [-0.05, 0) is 22.4 Å². The quantitative estimate of drug-likeness (QED) is 0.428. The first kappa shape index (κ1) is 9.13. The molecule has 0 N–H and O–H groups in total. The maximum absolute atomic E-state index is 5.73. The van der Waals surface area contributed by atoms with Crippen LogP contribution in [0.2, 0.25) is 0 Å². The third-order valence-corrected chi connectivity index (χ3v) is 2.92. The Morgan fingerprint density at radius 3 is 2.91 bits per heavy atom. The molecule has 0 fully saturated rings. The van der Waals surface area contributed by atoms with Crippen molar-refractivity contribution < 1.29 is 0 Å². The Balaban J connectivity index is 2.31. The molecule has 0 radical (unpaired) electrons. The zero-order chi connectivity index (χ0) is 8.27. The molecule has 0 bridgehead atoms. The largest absolute Gasteiger partial charge is 0.262 e. The summed E-state index contributed by atoms with van der Waals surface area (Å²) in [5.41, 5.74) is 0. The van der Waals surface area contributed by atoms with Gasteiger partial charge >= 0.3 is 0 Å². The van der Waals surface area contributed by atoms with Crippen LogP contribution in [0.1, 0.15) is 19.8 Å². The lowest BCUT2D eigenvalue weighted by molar-refractivity contribution is 0.251. The SMILES string of the molecule is CCCCN1N=CN(Cl)C1Br. The van der Waals surface area contributed by atoms with E-state index in [4.69, 9.17) is 11.8 Å². The van der Waals surface area contributed by atoms with Crippen molar-refractivity contribution in [3.05, 3.63) is 0 Å². The zero-order valence-corrected chi connectivity index (χ0v) is 8.72. The molecule has 1 rings (SSSR count). The first-order chi connectivity index (χ1) is 5.25. The lowest BCUT2D eigenvalue weighted by atomic mass is 10.3.